The van der Waals surface area contributed by atoms with E-state index in [4.69, 9.17) is 10.2 Å². The molecule has 9 heteroatoms. The Morgan fingerprint density at radius 2 is 2.10 bits per heavy atom. The van der Waals surface area contributed by atoms with Gasteiger partial charge < -0.3 is 25.4 Å². The summed E-state index contributed by atoms with van der Waals surface area (Å²) in [5, 5.41) is 21.8. The summed E-state index contributed by atoms with van der Waals surface area (Å²) in [7, 11) is 1.82. The van der Waals surface area contributed by atoms with Gasteiger partial charge >= 0.3 is 18.0 Å². The number of aliphatic carboxylic acids is 2. The number of aryl methyl sites for hydroxylation is 1. The summed E-state index contributed by atoms with van der Waals surface area (Å²) in [5.74, 6) is -1.93. The van der Waals surface area contributed by atoms with Gasteiger partial charge in [-0.2, -0.15) is 0 Å². The molecular formula is C11H16N4O5. The second kappa shape index (κ2) is 7.12. The van der Waals surface area contributed by atoms with E-state index < -0.39 is 30.4 Å². The largest absolute Gasteiger partial charge is 0.481 e. The van der Waals surface area contributed by atoms with E-state index in [1.807, 2.05) is 7.05 Å². The van der Waals surface area contributed by atoms with E-state index in [0.29, 0.717) is 6.42 Å². The Labute approximate surface area is 114 Å². The highest BCUT2D eigenvalue weighted by atomic mass is 16.4. The predicted molar refractivity (Wildman–Crippen MR) is 67.1 cm³/mol. The van der Waals surface area contributed by atoms with Gasteiger partial charge in [-0.25, -0.2) is 14.6 Å². The van der Waals surface area contributed by atoms with Crippen molar-refractivity contribution in [3.63, 3.8) is 0 Å². The highest BCUT2D eigenvalue weighted by Gasteiger charge is 2.22. The quantitative estimate of drug-likeness (QED) is 0.517. The zero-order chi connectivity index (χ0) is 15.1. The van der Waals surface area contributed by atoms with Crippen molar-refractivity contribution in [3.8, 4) is 0 Å². The Morgan fingerprint density at radius 1 is 1.40 bits per heavy atom. The number of carbonyl (C=O) groups is 3. The van der Waals surface area contributed by atoms with Crippen molar-refractivity contribution in [2.24, 2.45) is 7.05 Å². The summed E-state index contributed by atoms with van der Waals surface area (Å²) in [6, 6.07) is -2.19. The molecule has 4 N–H and O–H groups in total. The van der Waals surface area contributed by atoms with Crippen LogP contribution in [0.15, 0.2) is 12.4 Å². The van der Waals surface area contributed by atoms with Crippen LogP contribution in [0, 0.1) is 0 Å². The van der Waals surface area contributed by atoms with E-state index in [-0.39, 0.29) is 6.54 Å². The van der Waals surface area contributed by atoms with Gasteiger partial charge in [0.15, 0.2) is 0 Å². The predicted octanol–water partition coefficient (Wildman–Crippen LogP) is -0.810. The molecule has 0 unspecified atom stereocenters. The molecule has 1 atom stereocenters. The zero-order valence-corrected chi connectivity index (χ0v) is 10.9. The number of aromatic nitrogens is 2. The molecule has 0 bridgehead atoms. The average Bonchev–Trinajstić information content (AvgIpc) is 2.73. The van der Waals surface area contributed by atoms with Gasteiger partial charge in [0.2, 0.25) is 0 Å². The summed E-state index contributed by atoms with van der Waals surface area (Å²) in [4.78, 5) is 36.7. The monoisotopic (exact) mass is 284 g/mol. The van der Waals surface area contributed by atoms with Crippen molar-refractivity contribution in [1.29, 1.82) is 0 Å². The van der Waals surface area contributed by atoms with Crippen molar-refractivity contribution in [2.45, 2.75) is 18.9 Å². The maximum Gasteiger partial charge on any atom is 0.326 e. The third-order valence-corrected chi connectivity index (χ3v) is 2.54. The fraction of sp³-hybridized carbons (Fsp3) is 0.455. The molecule has 0 saturated heterocycles. The minimum Gasteiger partial charge on any atom is -0.481 e. The Hall–Kier alpha value is -2.58. The lowest BCUT2D eigenvalue weighted by atomic mass is 10.2. The first-order valence-corrected chi connectivity index (χ1v) is 5.85. The zero-order valence-electron chi connectivity index (χ0n) is 10.9. The second-order valence-electron chi connectivity index (χ2n) is 4.09. The molecule has 1 heterocycles. The smallest absolute Gasteiger partial charge is 0.326 e. The maximum atomic E-state index is 11.4. The number of carbonyl (C=O) groups excluding carboxylic acids is 1. The van der Waals surface area contributed by atoms with Gasteiger partial charge in [-0.3, -0.25) is 4.79 Å². The number of hydrogen-bond donors (Lipinski definition) is 4. The number of amides is 2. The fourth-order valence-corrected chi connectivity index (χ4v) is 1.51. The maximum absolute atomic E-state index is 11.4. The Kier molecular flexibility index (Phi) is 5.51. The van der Waals surface area contributed by atoms with Gasteiger partial charge in [0.1, 0.15) is 11.9 Å². The van der Waals surface area contributed by atoms with Crippen molar-refractivity contribution in [2.75, 3.05) is 6.54 Å². The molecule has 2 amide bonds. The number of hydrogen-bond acceptors (Lipinski definition) is 4. The van der Waals surface area contributed by atoms with Crippen LogP contribution in [-0.4, -0.2) is 50.3 Å². The summed E-state index contributed by atoms with van der Waals surface area (Å²) >= 11 is 0. The molecule has 0 aliphatic carbocycles. The van der Waals surface area contributed by atoms with Crippen molar-refractivity contribution >= 4 is 18.0 Å². The van der Waals surface area contributed by atoms with Gasteiger partial charge in [-0.05, 0) is 0 Å². The van der Waals surface area contributed by atoms with Crippen LogP contribution >= 0.6 is 0 Å². The minimum atomic E-state index is -1.46. The number of rotatable bonds is 7. The van der Waals surface area contributed by atoms with E-state index in [1.54, 1.807) is 17.0 Å². The van der Waals surface area contributed by atoms with Gasteiger partial charge in [0, 0.05) is 32.4 Å². The van der Waals surface area contributed by atoms with Crippen molar-refractivity contribution < 1.29 is 24.6 Å². The topological polar surface area (TPSA) is 134 Å². The molecule has 0 aromatic carbocycles. The summed E-state index contributed by atoms with van der Waals surface area (Å²) < 4.78 is 1.80. The van der Waals surface area contributed by atoms with Crippen LogP contribution in [0.5, 0.6) is 0 Å². The molecule has 0 aliphatic rings. The lowest BCUT2D eigenvalue weighted by molar-refractivity contribution is -0.145. The first-order valence-electron chi connectivity index (χ1n) is 5.85. The third-order valence-electron chi connectivity index (χ3n) is 2.54. The molecule has 0 saturated carbocycles. The van der Waals surface area contributed by atoms with Gasteiger partial charge in [-0.1, -0.05) is 0 Å². The second-order valence-corrected chi connectivity index (χ2v) is 4.09. The molecule has 0 spiro atoms. The van der Waals surface area contributed by atoms with E-state index >= 15 is 0 Å². The number of urea groups is 1. The Morgan fingerprint density at radius 3 is 2.60 bits per heavy atom. The third kappa shape index (κ3) is 4.96. The molecule has 0 fully saturated rings. The number of imidazole rings is 1. The SMILES string of the molecule is Cn1ccnc1CCNC(=O)N[C@@H](CC(=O)O)C(=O)O. The van der Waals surface area contributed by atoms with Crippen LogP contribution in [0.2, 0.25) is 0 Å². The highest BCUT2D eigenvalue weighted by molar-refractivity contribution is 5.86. The lowest BCUT2D eigenvalue weighted by Crippen LogP contribution is -2.47. The molecular weight excluding hydrogens is 268 g/mol. The van der Waals surface area contributed by atoms with E-state index in [9.17, 15) is 14.4 Å². The molecule has 9 nitrogen and oxygen atoms in total. The van der Waals surface area contributed by atoms with Crippen LogP contribution in [0.4, 0.5) is 4.79 Å². The summed E-state index contributed by atoms with van der Waals surface area (Å²) in [6.45, 7) is 0.260. The van der Waals surface area contributed by atoms with Crippen molar-refractivity contribution in [1.82, 2.24) is 20.2 Å². The van der Waals surface area contributed by atoms with E-state index in [2.05, 4.69) is 15.6 Å². The number of nitrogens with one attached hydrogen (secondary N) is 2. The van der Waals surface area contributed by atoms with Crippen LogP contribution in [0.1, 0.15) is 12.2 Å². The normalized spacial score (nSPS) is 11.7. The average molecular weight is 284 g/mol. The summed E-state index contributed by atoms with van der Waals surface area (Å²) in [6.07, 6.45) is 3.20. The molecule has 1 aromatic heterocycles. The van der Waals surface area contributed by atoms with Gasteiger partial charge in [0.05, 0.1) is 6.42 Å². The molecule has 110 valence electrons. The summed E-state index contributed by atoms with van der Waals surface area (Å²) in [5.41, 5.74) is 0. The van der Waals surface area contributed by atoms with Crippen LogP contribution < -0.4 is 10.6 Å². The number of nitrogens with zero attached hydrogens (tertiary/aromatic N) is 2. The molecule has 20 heavy (non-hydrogen) atoms. The lowest BCUT2D eigenvalue weighted by Gasteiger charge is -2.13. The number of carboxylic acids is 2. The standard InChI is InChI=1S/C11H16N4O5/c1-15-5-4-12-8(15)2-3-13-11(20)14-7(10(18)19)6-9(16)17/h4-5,7H,2-3,6H2,1H3,(H,16,17)(H,18,19)(H2,13,14,20)/t7-/m0/s1. The molecule has 1 rings (SSSR count). The van der Waals surface area contributed by atoms with E-state index in [0.717, 1.165) is 5.82 Å². The van der Waals surface area contributed by atoms with Crippen LogP contribution in [0.3, 0.4) is 0 Å². The fourth-order valence-electron chi connectivity index (χ4n) is 1.51. The number of carboxylic acid groups (broad SMARTS) is 2. The van der Waals surface area contributed by atoms with Crippen LogP contribution in [0.25, 0.3) is 0 Å². The Balaban J connectivity index is 2.36. The minimum absolute atomic E-state index is 0.260. The van der Waals surface area contributed by atoms with Crippen molar-refractivity contribution in [3.05, 3.63) is 18.2 Å². The molecule has 1 aromatic rings. The van der Waals surface area contributed by atoms with Crippen LogP contribution in [-0.2, 0) is 23.1 Å². The molecule has 0 aliphatic heterocycles. The Bertz CT molecular complexity index is 499. The molecule has 0 radical (unpaired) electrons. The van der Waals surface area contributed by atoms with E-state index in [1.165, 1.54) is 0 Å². The first-order chi connectivity index (χ1) is 9.40. The first kappa shape index (κ1) is 15.5. The van der Waals surface area contributed by atoms with Gasteiger partial charge in [-0.15, -0.1) is 0 Å². The van der Waals surface area contributed by atoms with Gasteiger partial charge in [0.25, 0.3) is 0 Å². The highest BCUT2D eigenvalue weighted by Crippen LogP contribution is 1.95.